The molecule has 0 fully saturated rings. The van der Waals surface area contributed by atoms with Crippen molar-refractivity contribution in [2.75, 3.05) is 19.0 Å². The summed E-state index contributed by atoms with van der Waals surface area (Å²) in [7, 11) is 1.26. The molecule has 1 aromatic carbocycles. The second kappa shape index (κ2) is 8.35. The molecule has 0 saturated heterocycles. The van der Waals surface area contributed by atoms with Crippen molar-refractivity contribution in [1.82, 2.24) is 9.88 Å². The number of benzene rings is 1. The van der Waals surface area contributed by atoms with Crippen LogP contribution in [0.2, 0.25) is 5.02 Å². The summed E-state index contributed by atoms with van der Waals surface area (Å²) in [5, 5.41) is 3.37. The van der Waals surface area contributed by atoms with Gasteiger partial charge in [-0.3, -0.25) is 0 Å². The Balaban J connectivity index is 2.04. The summed E-state index contributed by atoms with van der Waals surface area (Å²) in [5.41, 5.74) is 0.704. The van der Waals surface area contributed by atoms with Gasteiger partial charge >= 0.3 is 12.0 Å². The number of halogens is 1. The van der Waals surface area contributed by atoms with Crippen molar-refractivity contribution in [3.8, 4) is 0 Å². The van der Waals surface area contributed by atoms with Crippen molar-refractivity contribution in [3.05, 3.63) is 47.1 Å². The van der Waals surface area contributed by atoms with Crippen molar-refractivity contribution >= 4 is 29.3 Å². The predicted octanol–water partition coefficient (Wildman–Crippen LogP) is 3.56. The lowest BCUT2D eigenvalue weighted by atomic mass is 10.3. The Morgan fingerprint density at radius 1 is 1.33 bits per heavy atom. The Bertz CT molecular complexity index is 700. The lowest BCUT2D eigenvalue weighted by Crippen LogP contribution is -2.35. The normalized spacial score (nSPS) is 10.3. The maximum absolute atomic E-state index is 12.4. The van der Waals surface area contributed by atoms with Crippen LogP contribution in [-0.4, -0.2) is 35.5 Å². The molecule has 24 heavy (non-hydrogen) atoms. The molecular formula is C16H18ClN3O4. The van der Waals surface area contributed by atoms with Crippen LogP contribution in [0, 0.1) is 0 Å². The van der Waals surface area contributed by atoms with Gasteiger partial charge in [-0.2, -0.15) is 0 Å². The smallest absolute Gasteiger partial charge is 0.360 e. The van der Waals surface area contributed by atoms with Crippen LogP contribution in [0.15, 0.2) is 34.9 Å². The fourth-order valence-electron chi connectivity index (χ4n) is 2.00. The number of anilines is 1. The summed E-state index contributed by atoms with van der Waals surface area (Å²) in [5.74, 6) is -0.326. The molecule has 1 heterocycles. The number of hydrogen-bond donors (Lipinski definition) is 1. The van der Waals surface area contributed by atoms with Crippen molar-refractivity contribution in [1.29, 1.82) is 0 Å². The Hall–Kier alpha value is -2.54. The first-order valence-electron chi connectivity index (χ1n) is 7.37. The zero-order valence-corrected chi connectivity index (χ0v) is 14.2. The largest absolute Gasteiger partial charge is 0.464 e. The molecule has 0 atom stereocenters. The Labute approximate surface area is 144 Å². The van der Waals surface area contributed by atoms with Crippen LogP contribution in [-0.2, 0) is 11.3 Å². The van der Waals surface area contributed by atoms with E-state index in [9.17, 15) is 9.59 Å². The van der Waals surface area contributed by atoms with Crippen LogP contribution >= 0.6 is 11.6 Å². The zero-order chi connectivity index (χ0) is 17.5. The average molecular weight is 352 g/mol. The fraction of sp³-hybridized carbons (Fsp3) is 0.312. The summed E-state index contributed by atoms with van der Waals surface area (Å²) in [6.07, 6.45) is 1.97. The van der Waals surface area contributed by atoms with E-state index in [0.29, 0.717) is 17.3 Å². The molecule has 2 amide bonds. The standard InChI is InChI=1S/C16H18ClN3O4/c1-3-8-20(9-14-19-13(10-24-14)15(21)23-2)16(22)18-12-6-4-11(17)5-7-12/h4-7,10H,3,8-9H2,1-2H3,(H,18,22). The van der Waals surface area contributed by atoms with E-state index in [1.54, 1.807) is 29.2 Å². The highest BCUT2D eigenvalue weighted by molar-refractivity contribution is 6.30. The van der Waals surface area contributed by atoms with Gasteiger partial charge in [-0.05, 0) is 30.7 Å². The lowest BCUT2D eigenvalue weighted by Gasteiger charge is -2.21. The van der Waals surface area contributed by atoms with Crippen LogP contribution in [0.25, 0.3) is 0 Å². The van der Waals surface area contributed by atoms with Crippen molar-refractivity contribution in [3.63, 3.8) is 0 Å². The first-order chi connectivity index (χ1) is 11.5. The molecule has 0 saturated carbocycles. The molecule has 128 valence electrons. The van der Waals surface area contributed by atoms with Crippen LogP contribution in [0.5, 0.6) is 0 Å². The highest BCUT2D eigenvalue weighted by atomic mass is 35.5. The molecule has 0 aliphatic carbocycles. The molecule has 1 aromatic heterocycles. The van der Waals surface area contributed by atoms with E-state index in [1.165, 1.54) is 13.4 Å². The SMILES string of the molecule is CCCN(Cc1nc(C(=O)OC)co1)C(=O)Nc1ccc(Cl)cc1. The summed E-state index contributed by atoms with van der Waals surface area (Å²) < 4.78 is 9.80. The molecule has 0 aliphatic heterocycles. The fourth-order valence-corrected chi connectivity index (χ4v) is 2.13. The number of ether oxygens (including phenoxy) is 1. The Morgan fingerprint density at radius 2 is 2.04 bits per heavy atom. The Morgan fingerprint density at radius 3 is 2.67 bits per heavy atom. The molecule has 2 rings (SSSR count). The average Bonchev–Trinajstić information content (AvgIpc) is 3.04. The molecule has 8 heteroatoms. The van der Waals surface area contributed by atoms with Crippen molar-refractivity contribution in [2.45, 2.75) is 19.9 Å². The van der Waals surface area contributed by atoms with Gasteiger partial charge in [0.15, 0.2) is 5.69 Å². The molecule has 0 spiro atoms. The van der Waals surface area contributed by atoms with Gasteiger partial charge in [0.2, 0.25) is 5.89 Å². The van der Waals surface area contributed by atoms with Gasteiger partial charge in [-0.15, -0.1) is 0 Å². The van der Waals surface area contributed by atoms with Gasteiger partial charge in [0.05, 0.1) is 13.7 Å². The Kier molecular flexibility index (Phi) is 6.20. The minimum absolute atomic E-state index is 0.0713. The van der Waals surface area contributed by atoms with Crippen LogP contribution in [0.1, 0.15) is 29.7 Å². The number of esters is 1. The van der Waals surface area contributed by atoms with Crippen LogP contribution < -0.4 is 5.32 Å². The summed E-state index contributed by atoms with van der Waals surface area (Å²) >= 11 is 5.83. The second-order valence-corrected chi connectivity index (χ2v) is 5.41. The third-order valence-corrected chi connectivity index (χ3v) is 3.40. The summed E-state index contributed by atoms with van der Waals surface area (Å²) in [6, 6.07) is 6.52. The highest BCUT2D eigenvalue weighted by Crippen LogP contribution is 2.15. The minimum Gasteiger partial charge on any atom is -0.464 e. The maximum atomic E-state index is 12.4. The molecule has 0 aliphatic rings. The molecule has 7 nitrogen and oxygen atoms in total. The van der Waals surface area contributed by atoms with E-state index >= 15 is 0 Å². The number of methoxy groups -OCH3 is 1. The van der Waals surface area contributed by atoms with E-state index in [2.05, 4.69) is 15.0 Å². The van der Waals surface area contributed by atoms with Crippen molar-refractivity contribution in [2.24, 2.45) is 0 Å². The molecule has 0 bridgehead atoms. The van der Waals surface area contributed by atoms with E-state index in [0.717, 1.165) is 6.42 Å². The monoisotopic (exact) mass is 351 g/mol. The summed E-state index contributed by atoms with van der Waals surface area (Å²) in [4.78, 5) is 29.4. The third-order valence-electron chi connectivity index (χ3n) is 3.15. The summed E-state index contributed by atoms with van der Waals surface area (Å²) in [6.45, 7) is 2.61. The number of urea groups is 1. The number of oxazole rings is 1. The predicted molar refractivity (Wildman–Crippen MR) is 89.0 cm³/mol. The van der Waals surface area contributed by atoms with Gasteiger partial charge in [-0.1, -0.05) is 18.5 Å². The number of amides is 2. The topological polar surface area (TPSA) is 84.7 Å². The number of nitrogens with zero attached hydrogens (tertiary/aromatic N) is 2. The van der Waals surface area contributed by atoms with Gasteiger partial charge in [0, 0.05) is 17.3 Å². The van der Waals surface area contributed by atoms with E-state index < -0.39 is 5.97 Å². The number of aromatic nitrogens is 1. The molecule has 0 unspecified atom stereocenters. The number of rotatable bonds is 6. The van der Waals surface area contributed by atoms with Gasteiger partial charge in [-0.25, -0.2) is 14.6 Å². The van der Waals surface area contributed by atoms with Crippen LogP contribution in [0.4, 0.5) is 10.5 Å². The number of hydrogen-bond acceptors (Lipinski definition) is 5. The number of nitrogens with one attached hydrogen (secondary N) is 1. The van der Waals surface area contributed by atoms with Gasteiger partial charge in [0.1, 0.15) is 6.26 Å². The highest BCUT2D eigenvalue weighted by Gasteiger charge is 2.18. The lowest BCUT2D eigenvalue weighted by molar-refractivity contribution is 0.0594. The van der Waals surface area contributed by atoms with E-state index in [-0.39, 0.29) is 24.2 Å². The first-order valence-corrected chi connectivity index (χ1v) is 7.75. The quantitative estimate of drug-likeness (QED) is 0.804. The third kappa shape index (κ3) is 4.73. The zero-order valence-electron chi connectivity index (χ0n) is 13.4. The van der Waals surface area contributed by atoms with E-state index in [1.807, 2.05) is 6.92 Å². The first kappa shape index (κ1) is 17.8. The maximum Gasteiger partial charge on any atom is 0.360 e. The number of carbonyl (C=O) groups is 2. The van der Waals surface area contributed by atoms with Gasteiger partial charge in [0.25, 0.3) is 0 Å². The van der Waals surface area contributed by atoms with Crippen LogP contribution in [0.3, 0.4) is 0 Å². The molecular weight excluding hydrogens is 334 g/mol. The van der Waals surface area contributed by atoms with Gasteiger partial charge < -0.3 is 19.4 Å². The molecule has 0 radical (unpaired) electrons. The molecule has 1 N–H and O–H groups in total. The number of carbonyl (C=O) groups excluding carboxylic acids is 2. The molecule has 2 aromatic rings. The minimum atomic E-state index is -0.586. The van der Waals surface area contributed by atoms with Crippen molar-refractivity contribution < 1.29 is 18.7 Å². The second-order valence-electron chi connectivity index (χ2n) is 4.98. The van der Waals surface area contributed by atoms with E-state index in [4.69, 9.17) is 16.0 Å².